The third kappa shape index (κ3) is 4.00. The van der Waals surface area contributed by atoms with Crippen molar-refractivity contribution in [2.75, 3.05) is 6.54 Å². The molecule has 0 aliphatic heterocycles. The van der Waals surface area contributed by atoms with Crippen molar-refractivity contribution in [3.8, 4) is 0 Å². The van der Waals surface area contributed by atoms with Crippen molar-refractivity contribution in [2.45, 2.75) is 44.6 Å². The smallest absolute Gasteiger partial charge is 0.262 e. The van der Waals surface area contributed by atoms with E-state index < -0.39 is 0 Å². The van der Waals surface area contributed by atoms with Gasteiger partial charge in [0.05, 0.1) is 10.6 Å². The monoisotopic (exact) mass is 415 g/mol. The van der Waals surface area contributed by atoms with Gasteiger partial charge in [0.25, 0.3) is 5.56 Å². The maximum absolute atomic E-state index is 13.0. The minimum atomic E-state index is -0.332. The molecule has 3 rings (SSSR count). The highest BCUT2D eigenvalue weighted by atomic mass is 32.2. The minimum Gasteiger partial charge on any atom is -0.338 e. The maximum atomic E-state index is 13.0. The van der Waals surface area contributed by atoms with Gasteiger partial charge in [-0.15, -0.1) is 11.3 Å². The van der Waals surface area contributed by atoms with Gasteiger partial charge in [-0.05, 0) is 38.8 Å². The quantitative estimate of drug-likeness (QED) is 0.448. The number of rotatable bonds is 6. The predicted molar refractivity (Wildman–Crippen MR) is 117 cm³/mol. The number of aromatic nitrogens is 2. The van der Waals surface area contributed by atoms with Gasteiger partial charge in [0, 0.05) is 25.0 Å². The second-order valence-corrected chi connectivity index (χ2v) is 9.33. The number of benzene rings is 1. The molecule has 3 aromatic rings. The molecule has 0 saturated carbocycles. The number of hydrogen-bond acceptors (Lipinski definition) is 5. The molecule has 0 bridgehead atoms. The number of aryl methyl sites for hydroxylation is 2. The lowest BCUT2D eigenvalue weighted by Crippen LogP contribution is -2.36. The molecule has 5 nitrogen and oxygen atoms in total. The molecular weight excluding hydrogens is 390 g/mol. The second kappa shape index (κ2) is 8.49. The number of carbonyl (C=O) groups is 1. The molecule has 1 atom stereocenters. The Kier molecular flexibility index (Phi) is 6.25. The molecule has 0 fully saturated rings. The van der Waals surface area contributed by atoms with Gasteiger partial charge < -0.3 is 4.90 Å². The molecule has 0 N–H and O–H groups in total. The standard InChI is InChI=1S/C21H25N3O2S2/c1-6-24(12-16-10-8-7-9-11-16)19(25)15(4)28-21-22-18-17(20(26)23(21)5)13(2)14(3)27-18/h7-11,15H,6,12H2,1-5H3. The fourth-order valence-corrected chi connectivity index (χ4v) is 5.11. The van der Waals surface area contributed by atoms with Gasteiger partial charge >= 0.3 is 0 Å². The van der Waals surface area contributed by atoms with E-state index in [1.165, 1.54) is 23.1 Å². The van der Waals surface area contributed by atoms with Gasteiger partial charge in [0.2, 0.25) is 5.91 Å². The van der Waals surface area contributed by atoms with Crippen molar-refractivity contribution in [1.29, 1.82) is 0 Å². The zero-order valence-corrected chi connectivity index (χ0v) is 18.5. The molecule has 0 radical (unpaired) electrons. The first-order valence-electron chi connectivity index (χ1n) is 9.29. The van der Waals surface area contributed by atoms with Crippen LogP contribution in [0.3, 0.4) is 0 Å². The van der Waals surface area contributed by atoms with Gasteiger partial charge in [-0.2, -0.15) is 0 Å². The molecule has 0 aliphatic carbocycles. The molecule has 0 aliphatic rings. The van der Waals surface area contributed by atoms with Gasteiger partial charge in [0.15, 0.2) is 5.16 Å². The van der Waals surface area contributed by atoms with E-state index in [0.29, 0.717) is 23.6 Å². The number of fused-ring (bicyclic) bond motifs is 1. The van der Waals surface area contributed by atoms with Crippen molar-refractivity contribution in [3.63, 3.8) is 0 Å². The lowest BCUT2D eigenvalue weighted by Gasteiger charge is -2.24. The predicted octanol–water partition coefficient (Wildman–Crippen LogP) is 4.14. The summed E-state index contributed by atoms with van der Waals surface area (Å²) in [6.45, 7) is 9.03. The summed E-state index contributed by atoms with van der Waals surface area (Å²) in [4.78, 5) is 34.1. The Morgan fingerprint density at radius 1 is 1.29 bits per heavy atom. The van der Waals surface area contributed by atoms with Gasteiger partial charge in [0.1, 0.15) is 4.83 Å². The molecule has 1 amide bonds. The summed E-state index contributed by atoms with van der Waals surface area (Å²) in [6, 6.07) is 9.97. The van der Waals surface area contributed by atoms with Gasteiger partial charge in [-0.25, -0.2) is 4.98 Å². The van der Waals surface area contributed by atoms with Crippen LogP contribution in [0.2, 0.25) is 0 Å². The Morgan fingerprint density at radius 3 is 2.61 bits per heavy atom. The van der Waals surface area contributed by atoms with Crippen molar-refractivity contribution < 1.29 is 4.79 Å². The van der Waals surface area contributed by atoms with Gasteiger partial charge in [-0.1, -0.05) is 42.1 Å². The SMILES string of the molecule is CCN(Cc1ccccc1)C(=O)C(C)Sc1nc2sc(C)c(C)c2c(=O)n1C. The van der Waals surface area contributed by atoms with Crippen LogP contribution in [0.5, 0.6) is 0 Å². The first-order valence-corrected chi connectivity index (χ1v) is 11.0. The third-order valence-electron chi connectivity index (χ3n) is 4.91. The van der Waals surface area contributed by atoms with Crippen LogP contribution in [0.4, 0.5) is 0 Å². The highest BCUT2D eigenvalue weighted by Gasteiger charge is 2.23. The van der Waals surface area contributed by atoms with Crippen molar-refractivity contribution in [3.05, 3.63) is 56.7 Å². The average Bonchev–Trinajstić information content (AvgIpc) is 2.97. The van der Waals surface area contributed by atoms with E-state index in [0.717, 1.165) is 20.8 Å². The maximum Gasteiger partial charge on any atom is 0.262 e. The van der Waals surface area contributed by atoms with E-state index in [2.05, 4.69) is 4.98 Å². The molecule has 2 heterocycles. The zero-order valence-electron chi connectivity index (χ0n) is 16.9. The Labute approximate surface area is 173 Å². The zero-order chi connectivity index (χ0) is 20.4. The Bertz CT molecular complexity index is 1060. The van der Waals surface area contributed by atoms with Crippen LogP contribution in [0.15, 0.2) is 40.3 Å². The Balaban J connectivity index is 1.83. The summed E-state index contributed by atoms with van der Waals surface area (Å²) in [5.41, 5.74) is 2.05. The lowest BCUT2D eigenvalue weighted by atomic mass is 10.2. The summed E-state index contributed by atoms with van der Waals surface area (Å²) in [6.07, 6.45) is 0. The highest BCUT2D eigenvalue weighted by molar-refractivity contribution is 8.00. The largest absolute Gasteiger partial charge is 0.338 e. The van der Waals surface area contributed by atoms with Crippen LogP contribution < -0.4 is 5.56 Å². The van der Waals surface area contributed by atoms with Crippen LogP contribution in [0.25, 0.3) is 10.2 Å². The summed E-state index contributed by atoms with van der Waals surface area (Å²) in [5, 5.41) is 0.935. The van der Waals surface area contributed by atoms with Crippen LogP contribution in [-0.2, 0) is 18.4 Å². The molecule has 0 spiro atoms. The topological polar surface area (TPSA) is 55.2 Å². The molecule has 1 unspecified atom stereocenters. The molecule has 148 valence electrons. The van der Waals surface area contributed by atoms with E-state index in [1.54, 1.807) is 11.6 Å². The molecular formula is C21H25N3O2S2. The van der Waals surface area contributed by atoms with Crippen LogP contribution in [0.1, 0.15) is 29.9 Å². The fourth-order valence-electron chi connectivity index (χ4n) is 3.08. The van der Waals surface area contributed by atoms with E-state index in [1.807, 2.05) is 62.9 Å². The van der Waals surface area contributed by atoms with Crippen LogP contribution in [0, 0.1) is 13.8 Å². The molecule has 7 heteroatoms. The van der Waals surface area contributed by atoms with Crippen molar-refractivity contribution in [2.24, 2.45) is 7.05 Å². The number of amides is 1. The number of thioether (sulfide) groups is 1. The van der Waals surface area contributed by atoms with E-state index in [9.17, 15) is 9.59 Å². The first-order chi connectivity index (χ1) is 13.3. The van der Waals surface area contributed by atoms with Crippen LogP contribution >= 0.6 is 23.1 Å². The summed E-state index contributed by atoms with van der Waals surface area (Å²) < 4.78 is 1.56. The Hall–Kier alpha value is -2.12. The van der Waals surface area contributed by atoms with Crippen molar-refractivity contribution >= 4 is 39.2 Å². The second-order valence-electron chi connectivity index (χ2n) is 6.82. The molecule has 1 aromatic carbocycles. The molecule has 0 saturated heterocycles. The van der Waals surface area contributed by atoms with E-state index >= 15 is 0 Å². The molecule has 2 aromatic heterocycles. The average molecular weight is 416 g/mol. The van der Waals surface area contributed by atoms with Crippen molar-refractivity contribution in [1.82, 2.24) is 14.5 Å². The highest BCUT2D eigenvalue weighted by Crippen LogP contribution is 2.29. The summed E-state index contributed by atoms with van der Waals surface area (Å²) in [7, 11) is 1.72. The van der Waals surface area contributed by atoms with E-state index in [-0.39, 0.29) is 16.7 Å². The van der Waals surface area contributed by atoms with E-state index in [4.69, 9.17) is 0 Å². The fraction of sp³-hybridized carbons (Fsp3) is 0.381. The minimum absolute atomic E-state index is 0.0456. The van der Waals surface area contributed by atoms with Gasteiger partial charge in [-0.3, -0.25) is 14.2 Å². The molecule has 28 heavy (non-hydrogen) atoms. The number of carbonyl (C=O) groups excluding carboxylic acids is 1. The summed E-state index contributed by atoms with van der Waals surface area (Å²) in [5.74, 6) is 0.0456. The normalized spacial score (nSPS) is 12.3. The van der Waals surface area contributed by atoms with Crippen LogP contribution in [-0.4, -0.2) is 32.2 Å². The number of nitrogens with zero attached hydrogens (tertiary/aromatic N) is 3. The summed E-state index contributed by atoms with van der Waals surface area (Å²) >= 11 is 2.87. The number of thiophene rings is 1. The third-order valence-corrected chi connectivity index (χ3v) is 7.14. The lowest BCUT2D eigenvalue weighted by molar-refractivity contribution is -0.130. The Morgan fingerprint density at radius 2 is 1.96 bits per heavy atom. The first kappa shape index (κ1) is 20.6. The number of hydrogen-bond donors (Lipinski definition) is 0.